The first-order chi connectivity index (χ1) is 21.0. The van der Waals surface area contributed by atoms with Gasteiger partial charge in [0.15, 0.2) is 17.3 Å². The third-order valence-electron chi connectivity index (χ3n) is 9.18. The molecule has 3 N–H and O–H groups in total. The van der Waals surface area contributed by atoms with Gasteiger partial charge < -0.3 is 34.7 Å². The summed E-state index contributed by atoms with van der Waals surface area (Å²) in [7, 11) is 4.69. The van der Waals surface area contributed by atoms with Gasteiger partial charge in [0.1, 0.15) is 0 Å². The first-order valence-corrected chi connectivity index (χ1v) is 15.1. The third kappa shape index (κ3) is 5.92. The largest absolute Gasteiger partial charge is 0.493 e. The zero-order chi connectivity index (χ0) is 29.8. The molecule has 0 bridgehead atoms. The van der Waals surface area contributed by atoms with Crippen LogP contribution in [0.15, 0.2) is 66.7 Å². The van der Waals surface area contributed by atoms with Gasteiger partial charge in [-0.15, -0.1) is 0 Å². The second-order valence-corrected chi connectivity index (χ2v) is 11.6. The van der Waals surface area contributed by atoms with Gasteiger partial charge in [-0.25, -0.2) is 4.98 Å². The lowest BCUT2D eigenvalue weighted by molar-refractivity contribution is 0.0944. The molecule has 43 heavy (non-hydrogen) atoms. The zero-order valence-corrected chi connectivity index (χ0v) is 25.2. The lowest BCUT2D eigenvalue weighted by Gasteiger charge is -2.36. The number of aromatic nitrogens is 2. The van der Waals surface area contributed by atoms with E-state index in [1.807, 2.05) is 18.2 Å². The van der Waals surface area contributed by atoms with Gasteiger partial charge in [-0.3, -0.25) is 4.79 Å². The maximum absolute atomic E-state index is 13.9. The molecule has 2 unspecified atom stereocenters. The minimum absolute atomic E-state index is 0.00749. The van der Waals surface area contributed by atoms with Crippen LogP contribution in [-0.2, 0) is 5.41 Å². The van der Waals surface area contributed by atoms with Crippen molar-refractivity contribution >= 4 is 22.8 Å². The Morgan fingerprint density at radius 3 is 2.42 bits per heavy atom. The Hall–Kier alpha value is -4.08. The summed E-state index contributed by atoms with van der Waals surface area (Å²) in [5.41, 5.74) is 3.67. The van der Waals surface area contributed by atoms with Gasteiger partial charge in [0, 0.05) is 31.1 Å². The van der Waals surface area contributed by atoms with E-state index in [9.17, 15) is 4.79 Å². The molecule has 0 amide bonds. The predicted octanol–water partition coefficient (Wildman–Crippen LogP) is 5.04. The number of hydrogen-bond acceptors (Lipinski definition) is 8. The number of imidazole rings is 1. The number of para-hydroxylation sites is 2. The van der Waals surface area contributed by atoms with Crippen molar-refractivity contribution in [1.29, 1.82) is 0 Å². The van der Waals surface area contributed by atoms with Gasteiger partial charge in [-0.05, 0) is 62.1 Å². The van der Waals surface area contributed by atoms with Gasteiger partial charge in [-0.1, -0.05) is 42.5 Å². The average Bonchev–Trinajstić information content (AvgIpc) is 3.68. The fraction of sp³-hybridized carbons (Fsp3) is 0.412. The Kier molecular flexibility index (Phi) is 8.54. The number of piperidine rings is 1. The summed E-state index contributed by atoms with van der Waals surface area (Å²) < 4.78 is 16.6. The highest BCUT2D eigenvalue weighted by Crippen LogP contribution is 2.43. The molecule has 9 nitrogen and oxygen atoms in total. The van der Waals surface area contributed by atoms with Crippen molar-refractivity contribution < 1.29 is 19.0 Å². The monoisotopic (exact) mass is 583 g/mol. The number of methoxy groups -OCH3 is 3. The topological polar surface area (TPSA) is 101 Å². The second-order valence-electron chi connectivity index (χ2n) is 11.6. The maximum atomic E-state index is 13.9. The van der Waals surface area contributed by atoms with Crippen LogP contribution < -0.4 is 24.8 Å². The molecule has 2 saturated heterocycles. The number of Topliss-reactive ketones (excluding diaryl/α,β-unsaturated/α-hetero) is 1. The van der Waals surface area contributed by atoms with Crippen molar-refractivity contribution in [1.82, 2.24) is 20.2 Å². The number of benzene rings is 3. The molecule has 226 valence electrons. The fourth-order valence-electron chi connectivity index (χ4n) is 6.76. The van der Waals surface area contributed by atoms with E-state index in [2.05, 4.69) is 56.9 Å². The SMILES string of the molecule is COc1ccc(C(=O)C2CC(CCN3CCC(Nc4nc5ccccc5[nH]4)CC3)(c3ccccc3)CN2)c(OC)c1OC. The van der Waals surface area contributed by atoms with Crippen molar-refractivity contribution in [2.75, 3.05) is 52.8 Å². The number of H-pyrrole nitrogens is 1. The van der Waals surface area contributed by atoms with Crippen LogP contribution in [0.1, 0.15) is 41.6 Å². The Morgan fingerprint density at radius 2 is 1.70 bits per heavy atom. The van der Waals surface area contributed by atoms with Crippen LogP contribution in [0.4, 0.5) is 5.95 Å². The standard InChI is InChI=1S/C34H41N5O4/c1-41-29-14-13-25(31(42-2)32(29)43-3)30(40)28-21-34(22-35-28,23-9-5-4-6-10-23)17-20-39-18-15-24(16-19-39)36-33-37-26-11-7-8-12-27(26)38-33/h4-14,24,28,35H,15-22H2,1-3H3,(H2,36,37,38). The van der Waals surface area contributed by atoms with Crippen LogP contribution in [0.25, 0.3) is 11.0 Å². The molecule has 1 aromatic heterocycles. The molecule has 6 rings (SSSR count). The highest BCUT2D eigenvalue weighted by molar-refractivity contribution is 6.03. The molecule has 0 spiro atoms. The van der Waals surface area contributed by atoms with E-state index in [0.29, 0.717) is 28.9 Å². The van der Waals surface area contributed by atoms with E-state index in [1.165, 1.54) is 5.56 Å². The lowest BCUT2D eigenvalue weighted by Crippen LogP contribution is -2.42. The van der Waals surface area contributed by atoms with Gasteiger partial charge in [0.05, 0.1) is 44.0 Å². The molecule has 0 aliphatic carbocycles. The normalized spacial score (nSPS) is 21.1. The number of ketones is 1. The number of anilines is 1. The number of aromatic amines is 1. The number of carbonyl (C=O) groups excluding carboxylic acids is 1. The van der Waals surface area contributed by atoms with E-state index >= 15 is 0 Å². The number of nitrogens with one attached hydrogen (secondary N) is 3. The maximum Gasteiger partial charge on any atom is 0.204 e. The summed E-state index contributed by atoms with van der Waals surface area (Å²) in [6.45, 7) is 3.78. The van der Waals surface area contributed by atoms with Crippen LogP contribution in [-0.4, -0.2) is 80.2 Å². The number of rotatable bonds is 11. The molecule has 0 saturated carbocycles. The van der Waals surface area contributed by atoms with Crippen molar-refractivity contribution in [3.8, 4) is 17.2 Å². The first kappa shape index (κ1) is 29.0. The smallest absolute Gasteiger partial charge is 0.204 e. The summed E-state index contributed by atoms with van der Waals surface area (Å²) in [5, 5.41) is 7.19. The van der Waals surface area contributed by atoms with E-state index in [-0.39, 0.29) is 17.2 Å². The van der Waals surface area contributed by atoms with Crippen LogP contribution in [0.3, 0.4) is 0 Å². The average molecular weight is 584 g/mol. The van der Waals surface area contributed by atoms with Crippen LogP contribution in [0.2, 0.25) is 0 Å². The number of ether oxygens (including phenoxy) is 3. The van der Waals surface area contributed by atoms with E-state index in [0.717, 1.165) is 68.8 Å². The summed E-state index contributed by atoms with van der Waals surface area (Å²) in [5.74, 6) is 2.23. The molecule has 0 radical (unpaired) electrons. The van der Waals surface area contributed by atoms with Crippen molar-refractivity contribution in [3.05, 3.63) is 77.9 Å². The van der Waals surface area contributed by atoms with Crippen molar-refractivity contribution in [2.24, 2.45) is 0 Å². The van der Waals surface area contributed by atoms with Crippen LogP contribution >= 0.6 is 0 Å². The minimum atomic E-state index is -0.328. The number of likely N-dealkylation sites (tertiary alicyclic amines) is 1. The number of hydrogen-bond donors (Lipinski definition) is 3. The molecule has 2 aliphatic heterocycles. The Morgan fingerprint density at radius 1 is 0.953 bits per heavy atom. The Bertz CT molecular complexity index is 1520. The number of carbonyl (C=O) groups is 1. The summed E-state index contributed by atoms with van der Waals surface area (Å²) in [4.78, 5) is 24.5. The zero-order valence-electron chi connectivity index (χ0n) is 25.2. The first-order valence-electron chi connectivity index (χ1n) is 15.1. The highest BCUT2D eigenvalue weighted by Gasteiger charge is 2.44. The third-order valence-corrected chi connectivity index (χ3v) is 9.18. The van der Waals surface area contributed by atoms with Gasteiger partial charge in [0.2, 0.25) is 11.7 Å². The van der Waals surface area contributed by atoms with E-state index in [4.69, 9.17) is 19.2 Å². The summed E-state index contributed by atoms with van der Waals surface area (Å²) in [6, 6.07) is 22.4. The van der Waals surface area contributed by atoms with Crippen LogP contribution in [0.5, 0.6) is 17.2 Å². The Labute approximate surface area is 252 Å². The number of nitrogens with zero attached hydrogens (tertiary/aromatic N) is 2. The predicted molar refractivity (Wildman–Crippen MR) is 169 cm³/mol. The van der Waals surface area contributed by atoms with E-state index < -0.39 is 0 Å². The molecule has 2 fully saturated rings. The molecule has 2 aliphatic rings. The molecular formula is C34H41N5O4. The van der Waals surface area contributed by atoms with Gasteiger partial charge >= 0.3 is 0 Å². The molecule has 2 atom stereocenters. The molecular weight excluding hydrogens is 542 g/mol. The minimum Gasteiger partial charge on any atom is -0.493 e. The van der Waals surface area contributed by atoms with Gasteiger partial charge in [-0.2, -0.15) is 0 Å². The molecule has 3 heterocycles. The second kappa shape index (κ2) is 12.7. The quantitative estimate of drug-likeness (QED) is 0.211. The van der Waals surface area contributed by atoms with Crippen LogP contribution in [0, 0.1) is 0 Å². The number of fused-ring (bicyclic) bond motifs is 1. The van der Waals surface area contributed by atoms with E-state index in [1.54, 1.807) is 33.5 Å². The van der Waals surface area contributed by atoms with Crippen molar-refractivity contribution in [3.63, 3.8) is 0 Å². The Balaban J connectivity index is 1.12. The molecule has 9 heteroatoms. The summed E-state index contributed by atoms with van der Waals surface area (Å²) >= 11 is 0. The molecule has 4 aromatic rings. The fourth-order valence-corrected chi connectivity index (χ4v) is 6.76. The highest BCUT2D eigenvalue weighted by atomic mass is 16.5. The van der Waals surface area contributed by atoms with Crippen molar-refractivity contribution in [2.45, 2.75) is 43.2 Å². The van der Waals surface area contributed by atoms with Gasteiger partial charge in [0.25, 0.3) is 0 Å². The summed E-state index contributed by atoms with van der Waals surface area (Å²) in [6.07, 6.45) is 3.82. The molecule has 3 aromatic carbocycles. The lowest BCUT2D eigenvalue weighted by atomic mass is 9.75.